The maximum Gasteiger partial charge on any atom is 0.227 e. The van der Waals surface area contributed by atoms with Gasteiger partial charge >= 0.3 is 0 Å². The van der Waals surface area contributed by atoms with Crippen molar-refractivity contribution in [3.05, 3.63) is 46.3 Å². The predicted octanol–water partition coefficient (Wildman–Crippen LogP) is 2.66. The molecule has 2 aromatic heterocycles. The maximum absolute atomic E-state index is 12.1. The molecule has 2 heterocycles. The number of carbonyl (C=O) groups excluding carboxylic acids is 2. The number of amides is 2. The van der Waals surface area contributed by atoms with E-state index in [4.69, 9.17) is 0 Å². The number of nitrogens with one attached hydrogen (secondary N) is 2. The largest absolute Gasteiger partial charge is 0.348 e. The molecule has 0 aromatic carbocycles. The molecule has 0 bridgehead atoms. The van der Waals surface area contributed by atoms with Crippen LogP contribution in [0.5, 0.6) is 0 Å². The van der Waals surface area contributed by atoms with Crippen LogP contribution < -0.4 is 10.6 Å². The second kappa shape index (κ2) is 6.99. The highest BCUT2D eigenvalue weighted by molar-refractivity contribution is 7.10. The van der Waals surface area contributed by atoms with E-state index in [0.717, 1.165) is 10.6 Å². The second-order valence-electron chi connectivity index (χ2n) is 4.69. The van der Waals surface area contributed by atoms with Crippen molar-refractivity contribution in [3.8, 4) is 0 Å². The smallest absolute Gasteiger partial charge is 0.227 e. The molecule has 0 aliphatic carbocycles. The van der Waals surface area contributed by atoms with Gasteiger partial charge in [-0.05, 0) is 30.5 Å². The van der Waals surface area contributed by atoms with Gasteiger partial charge in [-0.1, -0.05) is 12.1 Å². The van der Waals surface area contributed by atoms with Crippen LogP contribution in [0.1, 0.15) is 30.0 Å². The summed E-state index contributed by atoms with van der Waals surface area (Å²) in [5.74, 6) is 0.183. The van der Waals surface area contributed by atoms with Crippen LogP contribution in [0.2, 0.25) is 0 Å². The van der Waals surface area contributed by atoms with Crippen LogP contribution in [0.15, 0.2) is 35.7 Å². The lowest BCUT2D eigenvalue weighted by Crippen LogP contribution is -2.29. The van der Waals surface area contributed by atoms with Gasteiger partial charge in [0.1, 0.15) is 5.82 Å². The Morgan fingerprint density at radius 3 is 2.71 bits per heavy atom. The minimum absolute atomic E-state index is 0.158. The van der Waals surface area contributed by atoms with Gasteiger partial charge in [-0.2, -0.15) is 0 Å². The number of carbonyl (C=O) groups is 2. The number of hydrogen-bond donors (Lipinski definition) is 2. The lowest BCUT2D eigenvalue weighted by atomic mass is 10.1. The average molecular weight is 303 g/mol. The molecular formula is C15H17N3O2S. The number of pyridine rings is 1. The molecular weight excluding hydrogens is 286 g/mol. The summed E-state index contributed by atoms with van der Waals surface area (Å²) >= 11 is 1.51. The molecule has 1 atom stereocenters. The van der Waals surface area contributed by atoms with Gasteiger partial charge in [0.25, 0.3) is 0 Å². The lowest BCUT2D eigenvalue weighted by molar-refractivity contribution is -0.120. The molecule has 2 aromatic rings. The molecule has 110 valence electrons. The topological polar surface area (TPSA) is 71.1 Å². The summed E-state index contributed by atoms with van der Waals surface area (Å²) in [5.41, 5.74) is 0.837. The number of rotatable bonds is 5. The zero-order valence-electron chi connectivity index (χ0n) is 11.9. The highest BCUT2D eigenvalue weighted by Crippen LogP contribution is 2.22. The summed E-state index contributed by atoms with van der Waals surface area (Å²) in [7, 11) is 0. The Bertz CT molecular complexity index is 626. The quantitative estimate of drug-likeness (QED) is 0.892. The van der Waals surface area contributed by atoms with Gasteiger partial charge in [0.15, 0.2) is 0 Å². The summed E-state index contributed by atoms with van der Waals surface area (Å²) < 4.78 is 0. The fraction of sp³-hybridized carbons (Fsp3) is 0.267. The SMILES string of the molecule is CC(=O)NC(CC(=O)Nc1cccc(C)n1)c1cccs1. The van der Waals surface area contributed by atoms with Gasteiger partial charge in [0.2, 0.25) is 11.8 Å². The number of aromatic nitrogens is 1. The predicted molar refractivity (Wildman–Crippen MR) is 83.1 cm³/mol. The second-order valence-corrected chi connectivity index (χ2v) is 5.66. The molecule has 2 N–H and O–H groups in total. The van der Waals surface area contributed by atoms with Gasteiger partial charge in [-0.25, -0.2) is 4.98 Å². The Balaban J connectivity index is 2.02. The molecule has 21 heavy (non-hydrogen) atoms. The first-order valence-corrected chi connectivity index (χ1v) is 7.46. The van der Waals surface area contributed by atoms with Crippen LogP contribution in [0, 0.1) is 6.92 Å². The Morgan fingerprint density at radius 2 is 2.10 bits per heavy atom. The first kappa shape index (κ1) is 15.2. The molecule has 1 unspecified atom stereocenters. The fourth-order valence-electron chi connectivity index (χ4n) is 1.95. The maximum atomic E-state index is 12.1. The number of thiophene rings is 1. The number of aryl methyl sites for hydroxylation is 1. The third-order valence-corrected chi connectivity index (χ3v) is 3.80. The minimum Gasteiger partial charge on any atom is -0.348 e. The van der Waals surface area contributed by atoms with Crippen molar-refractivity contribution in [1.82, 2.24) is 10.3 Å². The van der Waals surface area contributed by atoms with Crippen molar-refractivity contribution in [2.45, 2.75) is 26.3 Å². The van der Waals surface area contributed by atoms with Gasteiger partial charge < -0.3 is 10.6 Å². The molecule has 0 aliphatic rings. The Hall–Kier alpha value is -2.21. The molecule has 0 spiro atoms. The van der Waals surface area contributed by atoms with E-state index >= 15 is 0 Å². The van der Waals surface area contributed by atoms with Crippen LogP contribution in [0.4, 0.5) is 5.82 Å². The molecule has 0 radical (unpaired) electrons. The van der Waals surface area contributed by atoms with E-state index in [9.17, 15) is 9.59 Å². The summed E-state index contributed by atoms with van der Waals surface area (Å²) in [5, 5.41) is 7.47. The highest BCUT2D eigenvalue weighted by Gasteiger charge is 2.18. The van der Waals surface area contributed by atoms with Gasteiger partial charge in [-0.15, -0.1) is 11.3 Å². The molecule has 0 fully saturated rings. The van der Waals surface area contributed by atoms with Gasteiger partial charge in [0.05, 0.1) is 12.5 Å². The van der Waals surface area contributed by atoms with Crippen LogP contribution in [-0.4, -0.2) is 16.8 Å². The van der Waals surface area contributed by atoms with E-state index in [1.54, 1.807) is 6.07 Å². The Kier molecular flexibility index (Phi) is 5.05. The molecule has 6 heteroatoms. The Morgan fingerprint density at radius 1 is 1.29 bits per heavy atom. The average Bonchev–Trinajstić information content (AvgIpc) is 2.91. The van der Waals surface area contributed by atoms with Gasteiger partial charge in [0, 0.05) is 17.5 Å². The van der Waals surface area contributed by atoms with Crippen molar-refractivity contribution < 1.29 is 9.59 Å². The van der Waals surface area contributed by atoms with Crippen LogP contribution in [0.3, 0.4) is 0 Å². The van der Waals surface area contributed by atoms with E-state index < -0.39 is 0 Å². The number of nitrogens with zero attached hydrogens (tertiary/aromatic N) is 1. The molecule has 2 rings (SSSR count). The standard InChI is InChI=1S/C15H17N3O2S/c1-10-5-3-7-14(16-10)18-15(20)9-12(17-11(2)19)13-6-4-8-21-13/h3-8,12H,9H2,1-2H3,(H,17,19)(H,16,18,20). The van der Waals surface area contributed by atoms with E-state index in [2.05, 4.69) is 15.6 Å². The van der Waals surface area contributed by atoms with Crippen LogP contribution in [0.25, 0.3) is 0 Å². The Labute approximate surface area is 127 Å². The van der Waals surface area contributed by atoms with Crippen LogP contribution in [-0.2, 0) is 9.59 Å². The molecule has 5 nitrogen and oxygen atoms in total. The third-order valence-electron chi connectivity index (χ3n) is 2.81. The fourth-order valence-corrected chi connectivity index (χ4v) is 2.73. The van der Waals surface area contributed by atoms with Crippen molar-refractivity contribution in [3.63, 3.8) is 0 Å². The van der Waals surface area contributed by atoms with Crippen molar-refractivity contribution >= 4 is 29.0 Å². The van der Waals surface area contributed by atoms with Crippen molar-refractivity contribution in [1.29, 1.82) is 0 Å². The van der Waals surface area contributed by atoms with E-state index in [0.29, 0.717) is 5.82 Å². The molecule has 0 aliphatic heterocycles. The monoisotopic (exact) mass is 303 g/mol. The van der Waals surface area contributed by atoms with E-state index in [1.807, 2.05) is 36.6 Å². The normalized spacial score (nSPS) is 11.7. The molecule has 0 saturated heterocycles. The summed E-state index contributed by atoms with van der Waals surface area (Å²) in [6.45, 7) is 3.31. The zero-order chi connectivity index (χ0) is 15.2. The number of hydrogen-bond acceptors (Lipinski definition) is 4. The van der Waals surface area contributed by atoms with E-state index in [1.165, 1.54) is 18.3 Å². The first-order valence-electron chi connectivity index (χ1n) is 6.58. The first-order chi connectivity index (χ1) is 10.0. The third kappa shape index (κ3) is 4.68. The zero-order valence-corrected chi connectivity index (χ0v) is 12.7. The minimum atomic E-state index is -0.313. The summed E-state index contributed by atoms with van der Waals surface area (Å²) in [6.07, 6.45) is 0.176. The highest BCUT2D eigenvalue weighted by atomic mass is 32.1. The summed E-state index contributed by atoms with van der Waals surface area (Å²) in [6, 6.07) is 8.93. The van der Waals surface area contributed by atoms with E-state index in [-0.39, 0.29) is 24.3 Å². The van der Waals surface area contributed by atoms with Gasteiger partial charge in [-0.3, -0.25) is 9.59 Å². The molecule has 2 amide bonds. The van der Waals surface area contributed by atoms with Crippen molar-refractivity contribution in [2.24, 2.45) is 0 Å². The lowest BCUT2D eigenvalue weighted by Gasteiger charge is -2.16. The van der Waals surface area contributed by atoms with Crippen LogP contribution >= 0.6 is 11.3 Å². The summed E-state index contributed by atoms with van der Waals surface area (Å²) in [4.78, 5) is 28.6. The van der Waals surface area contributed by atoms with Crippen molar-refractivity contribution in [2.75, 3.05) is 5.32 Å². The molecule has 0 saturated carbocycles. The number of anilines is 1.